The second kappa shape index (κ2) is 7.85. The lowest BCUT2D eigenvalue weighted by Gasteiger charge is -2.01. The second-order valence-corrected chi connectivity index (χ2v) is 6.57. The molecule has 4 nitrogen and oxygen atoms in total. The molecule has 0 N–H and O–H groups in total. The number of hydrogen-bond donors (Lipinski definition) is 0. The van der Waals surface area contributed by atoms with Crippen LogP contribution in [-0.2, 0) is 16.0 Å². The first-order chi connectivity index (χ1) is 12.2. The van der Waals surface area contributed by atoms with Crippen molar-refractivity contribution in [3.8, 4) is 0 Å². The molecule has 0 radical (unpaired) electrons. The molecule has 0 spiro atoms. The number of hydrogen-bond acceptors (Lipinski definition) is 5. The van der Waals surface area contributed by atoms with Crippen LogP contribution in [-0.4, -0.2) is 23.3 Å². The van der Waals surface area contributed by atoms with E-state index in [4.69, 9.17) is 4.74 Å². The fourth-order valence-electron chi connectivity index (χ4n) is 2.39. The molecule has 0 atom stereocenters. The third-order valence-electron chi connectivity index (χ3n) is 3.69. The second-order valence-electron chi connectivity index (χ2n) is 5.41. The van der Waals surface area contributed by atoms with Gasteiger partial charge in [-0.15, -0.1) is 11.3 Å². The molecule has 0 aliphatic rings. The number of Topliss-reactive ketones (excluding diaryl/α,β-unsaturated/α-hetero) is 1. The Bertz CT molecular complexity index is 938. The van der Waals surface area contributed by atoms with E-state index in [1.54, 1.807) is 18.3 Å². The lowest BCUT2D eigenvalue weighted by Crippen LogP contribution is -2.11. The summed E-state index contributed by atoms with van der Waals surface area (Å²) < 4.78 is 5.05. The minimum absolute atomic E-state index is 0.182. The maximum Gasteiger partial charge on any atom is 0.331 e. The van der Waals surface area contributed by atoms with Crippen LogP contribution in [0.1, 0.15) is 27.0 Å². The number of thiophene rings is 1. The minimum Gasteiger partial charge on any atom is -0.454 e. The van der Waals surface area contributed by atoms with Gasteiger partial charge >= 0.3 is 5.97 Å². The SMILES string of the molecule is CCc1ccc(C(=O)COC(=O)/C=C/c2cccc3cccnc23)s1. The molecule has 0 saturated carbocycles. The third-order valence-corrected chi connectivity index (χ3v) is 4.96. The van der Waals surface area contributed by atoms with Gasteiger partial charge in [-0.3, -0.25) is 9.78 Å². The molecule has 0 bridgehead atoms. The van der Waals surface area contributed by atoms with Crippen molar-refractivity contribution in [2.24, 2.45) is 0 Å². The van der Waals surface area contributed by atoms with Crippen molar-refractivity contribution in [2.75, 3.05) is 6.61 Å². The quantitative estimate of drug-likeness (QED) is 0.377. The Morgan fingerprint density at radius 2 is 2.00 bits per heavy atom. The maximum atomic E-state index is 12.0. The smallest absolute Gasteiger partial charge is 0.331 e. The van der Waals surface area contributed by atoms with E-state index in [2.05, 4.69) is 4.98 Å². The summed E-state index contributed by atoms with van der Waals surface area (Å²) in [7, 11) is 0. The van der Waals surface area contributed by atoms with Crippen LogP contribution in [0.25, 0.3) is 17.0 Å². The number of nitrogens with zero attached hydrogens (tertiary/aromatic N) is 1. The zero-order chi connectivity index (χ0) is 17.6. The van der Waals surface area contributed by atoms with E-state index in [-0.39, 0.29) is 12.4 Å². The van der Waals surface area contributed by atoms with E-state index in [1.165, 1.54) is 17.4 Å². The highest BCUT2D eigenvalue weighted by Gasteiger charge is 2.11. The number of benzene rings is 1. The number of aromatic nitrogens is 1. The molecule has 0 unspecified atom stereocenters. The van der Waals surface area contributed by atoms with Crippen LogP contribution in [0.2, 0.25) is 0 Å². The summed E-state index contributed by atoms with van der Waals surface area (Å²) in [4.78, 5) is 30.0. The van der Waals surface area contributed by atoms with Crippen molar-refractivity contribution in [3.05, 3.63) is 70.1 Å². The van der Waals surface area contributed by atoms with Gasteiger partial charge in [0.05, 0.1) is 10.4 Å². The Morgan fingerprint density at radius 1 is 1.16 bits per heavy atom. The van der Waals surface area contributed by atoms with Crippen LogP contribution >= 0.6 is 11.3 Å². The fourth-order valence-corrected chi connectivity index (χ4v) is 3.27. The molecule has 126 valence electrons. The molecule has 0 saturated heterocycles. The Kier molecular flexibility index (Phi) is 5.36. The van der Waals surface area contributed by atoms with E-state index >= 15 is 0 Å². The largest absolute Gasteiger partial charge is 0.454 e. The van der Waals surface area contributed by atoms with Crippen molar-refractivity contribution < 1.29 is 14.3 Å². The van der Waals surface area contributed by atoms with Gasteiger partial charge in [-0.05, 0) is 30.7 Å². The van der Waals surface area contributed by atoms with Gasteiger partial charge in [0.2, 0.25) is 5.78 Å². The molecular formula is C20H17NO3S. The number of esters is 1. The summed E-state index contributed by atoms with van der Waals surface area (Å²) in [5.74, 6) is -0.730. The Labute approximate surface area is 149 Å². The van der Waals surface area contributed by atoms with Gasteiger partial charge in [0.15, 0.2) is 6.61 Å². The van der Waals surface area contributed by atoms with Crippen molar-refractivity contribution in [1.82, 2.24) is 4.98 Å². The van der Waals surface area contributed by atoms with Crippen LogP contribution in [0, 0.1) is 0 Å². The topological polar surface area (TPSA) is 56.3 Å². The van der Waals surface area contributed by atoms with Crippen molar-refractivity contribution in [2.45, 2.75) is 13.3 Å². The van der Waals surface area contributed by atoms with E-state index in [1.807, 2.05) is 43.3 Å². The average Bonchev–Trinajstić information content (AvgIpc) is 3.13. The zero-order valence-corrected chi connectivity index (χ0v) is 14.6. The van der Waals surface area contributed by atoms with Gasteiger partial charge in [-0.2, -0.15) is 0 Å². The fraction of sp³-hybridized carbons (Fsp3) is 0.150. The number of pyridine rings is 1. The molecule has 0 aliphatic carbocycles. The van der Waals surface area contributed by atoms with Crippen molar-refractivity contribution in [3.63, 3.8) is 0 Å². The van der Waals surface area contributed by atoms with Crippen LogP contribution in [0.15, 0.2) is 54.7 Å². The molecule has 2 aromatic heterocycles. The van der Waals surface area contributed by atoms with E-state index in [0.29, 0.717) is 4.88 Å². The molecule has 25 heavy (non-hydrogen) atoms. The number of carbonyl (C=O) groups is 2. The lowest BCUT2D eigenvalue weighted by molar-refractivity contribution is -0.136. The highest BCUT2D eigenvalue weighted by Crippen LogP contribution is 2.18. The van der Waals surface area contributed by atoms with Gasteiger partial charge < -0.3 is 4.74 Å². The lowest BCUT2D eigenvalue weighted by atomic mass is 10.1. The number of fused-ring (bicyclic) bond motifs is 1. The molecule has 5 heteroatoms. The molecule has 3 aromatic rings. The monoisotopic (exact) mass is 351 g/mol. The van der Waals surface area contributed by atoms with Crippen molar-refractivity contribution in [1.29, 1.82) is 0 Å². The van der Waals surface area contributed by atoms with Crippen LogP contribution in [0.3, 0.4) is 0 Å². The molecule has 0 aliphatic heterocycles. The summed E-state index contributed by atoms with van der Waals surface area (Å²) in [5, 5.41) is 0.998. The van der Waals surface area contributed by atoms with E-state index < -0.39 is 5.97 Å². The number of para-hydroxylation sites is 1. The van der Waals surface area contributed by atoms with Crippen molar-refractivity contribution >= 4 is 40.1 Å². The van der Waals surface area contributed by atoms with Crippen LogP contribution < -0.4 is 0 Å². The normalized spacial score (nSPS) is 11.1. The first-order valence-electron chi connectivity index (χ1n) is 7.98. The summed E-state index contributed by atoms with van der Waals surface area (Å²) in [6.45, 7) is 1.79. The van der Waals surface area contributed by atoms with Gasteiger partial charge in [-0.1, -0.05) is 31.2 Å². The van der Waals surface area contributed by atoms with E-state index in [9.17, 15) is 9.59 Å². The maximum absolute atomic E-state index is 12.0. The number of aryl methyl sites for hydroxylation is 1. The van der Waals surface area contributed by atoms with Crippen LogP contribution in [0.5, 0.6) is 0 Å². The number of ketones is 1. The van der Waals surface area contributed by atoms with Gasteiger partial charge in [0.25, 0.3) is 0 Å². The summed E-state index contributed by atoms with van der Waals surface area (Å²) in [5.41, 5.74) is 1.64. The first-order valence-corrected chi connectivity index (χ1v) is 8.79. The molecule has 3 rings (SSSR count). The van der Waals surface area contributed by atoms with Crippen LogP contribution in [0.4, 0.5) is 0 Å². The Morgan fingerprint density at radius 3 is 2.80 bits per heavy atom. The average molecular weight is 351 g/mol. The predicted octanol–water partition coefficient (Wildman–Crippen LogP) is 4.30. The molecule has 1 aromatic carbocycles. The molecule has 2 heterocycles. The Hall–Kier alpha value is -2.79. The molecular weight excluding hydrogens is 334 g/mol. The Balaban J connectivity index is 1.62. The van der Waals surface area contributed by atoms with Gasteiger partial charge in [0.1, 0.15) is 0 Å². The third kappa shape index (κ3) is 4.19. The van der Waals surface area contributed by atoms with E-state index in [0.717, 1.165) is 27.8 Å². The number of ether oxygens (including phenoxy) is 1. The highest BCUT2D eigenvalue weighted by molar-refractivity contribution is 7.14. The standard InChI is InChI=1S/C20H17NO3S/c1-2-16-9-10-18(25-16)17(22)13-24-19(23)11-8-15-6-3-5-14-7-4-12-21-20(14)15/h3-12H,2,13H2,1H3/b11-8+. The molecule has 0 amide bonds. The summed E-state index contributed by atoms with van der Waals surface area (Å²) >= 11 is 1.44. The van der Waals surface area contributed by atoms with Gasteiger partial charge in [0, 0.05) is 28.1 Å². The minimum atomic E-state index is -0.548. The highest BCUT2D eigenvalue weighted by atomic mass is 32.1. The first kappa shape index (κ1) is 17.0. The zero-order valence-electron chi connectivity index (χ0n) is 13.8. The number of rotatable bonds is 6. The predicted molar refractivity (Wildman–Crippen MR) is 99.8 cm³/mol. The molecule has 0 fully saturated rings. The summed E-state index contributed by atoms with van der Waals surface area (Å²) in [6.07, 6.45) is 5.58. The summed E-state index contributed by atoms with van der Waals surface area (Å²) in [6, 6.07) is 13.3. The number of carbonyl (C=O) groups excluding carboxylic acids is 2. The van der Waals surface area contributed by atoms with Gasteiger partial charge in [-0.25, -0.2) is 4.79 Å².